The quantitative estimate of drug-likeness (QED) is 0.167. The predicted molar refractivity (Wildman–Crippen MR) is 145 cm³/mol. The highest BCUT2D eigenvalue weighted by molar-refractivity contribution is 6.22. The summed E-state index contributed by atoms with van der Waals surface area (Å²) in [5.74, 6) is -0.746. The summed E-state index contributed by atoms with van der Waals surface area (Å²) in [6.45, 7) is 1.54. The fourth-order valence-electron chi connectivity index (χ4n) is 4.52. The molecule has 0 saturated heterocycles. The fourth-order valence-corrected chi connectivity index (χ4v) is 4.52. The maximum Gasteiger partial charge on any atom is 0.331 e. The predicted octanol–water partition coefficient (Wildman–Crippen LogP) is 5.84. The normalized spacial score (nSPS) is 13.2. The number of hydrogen-bond acceptors (Lipinski definition) is 6. The molecule has 0 spiro atoms. The number of nitrogens with zero attached hydrogens (tertiary/aromatic N) is 2. The lowest BCUT2D eigenvalue weighted by Crippen LogP contribution is -2.36. The van der Waals surface area contributed by atoms with Gasteiger partial charge in [-0.2, -0.15) is 0 Å². The third-order valence-electron chi connectivity index (χ3n) is 6.44. The van der Waals surface area contributed by atoms with Gasteiger partial charge in [0.1, 0.15) is 23.6 Å². The van der Waals surface area contributed by atoms with Crippen molar-refractivity contribution in [1.82, 2.24) is 4.90 Å². The van der Waals surface area contributed by atoms with Gasteiger partial charge in [-0.3, -0.25) is 14.5 Å². The van der Waals surface area contributed by atoms with Crippen molar-refractivity contribution in [3.63, 3.8) is 0 Å². The summed E-state index contributed by atoms with van der Waals surface area (Å²) in [5.41, 5.74) is 3.97. The molecule has 1 aromatic heterocycles. The highest BCUT2D eigenvalue weighted by Gasteiger charge is 2.36. The van der Waals surface area contributed by atoms with Crippen molar-refractivity contribution >= 4 is 34.4 Å². The Balaban J connectivity index is 1.24. The molecule has 39 heavy (non-hydrogen) atoms. The lowest BCUT2D eigenvalue weighted by atomic mass is 10.1. The van der Waals surface area contributed by atoms with Crippen LogP contribution in [0.2, 0.25) is 0 Å². The van der Waals surface area contributed by atoms with Gasteiger partial charge in [-0.05, 0) is 55.5 Å². The SMILES string of the molecule is Cc1ccc2oc(-c3ccccc3)cc(=Nc3ccc(OC(=O)CN4C(=O)c5ccccc5C4=O)cc3)c2c1. The smallest absolute Gasteiger partial charge is 0.331 e. The Morgan fingerprint density at radius 3 is 2.18 bits per heavy atom. The average molecular weight is 515 g/mol. The lowest BCUT2D eigenvalue weighted by molar-refractivity contribution is -0.134. The van der Waals surface area contributed by atoms with Crippen molar-refractivity contribution in [2.24, 2.45) is 4.99 Å². The Morgan fingerprint density at radius 2 is 1.49 bits per heavy atom. The van der Waals surface area contributed by atoms with E-state index in [1.165, 1.54) is 0 Å². The number of esters is 1. The molecule has 0 unspecified atom stereocenters. The molecule has 6 rings (SSSR count). The molecule has 0 radical (unpaired) electrons. The number of ether oxygens (including phenoxy) is 1. The van der Waals surface area contributed by atoms with Gasteiger partial charge in [0.2, 0.25) is 0 Å². The third kappa shape index (κ3) is 4.73. The number of benzene rings is 4. The maximum absolute atomic E-state index is 12.5. The average Bonchev–Trinajstić information content (AvgIpc) is 3.19. The molecule has 2 amide bonds. The maximum atomic E-state index is 12.5. The number of aryl methyl sites for hydroxylation is 1. The zero-order valence-electron chi connectivity index (χ0n) is 21.0. The molecule has 190 valence electrons. The minimum atomic E-state index is -0.715. The van der Waals surface area contributed by atoms with Crippen LogP contribution in [0.4, 0.5) is 5.69 Å². The molecule has 2 heterocycles. The van der Waals surface area contributed by atoms with E-state index in [1.54, 1.807) is 48.5 Å². The summed E-state index contributed by atoms with van der Waals surface area (Å²) >= 11 is 0. The first-order valence-corrected chi connectivity index (χ1v) is 12.4. The summed E-state index contributed by atoms with van der Waals surface area (Å²) in [6, 6.07) is 30.9. The first kappa shape index (κ1) is 24.1. The summed E-state index contributed by atoms with van der Waals surface area (Å²) in [4.78, 5) is 43.3. The number of carbonyl (C=O) groups is 3. The van der Waals surface area contributed by atoms with Crippen LogP contribution >= 0.6 is 0 Å². The first-order valence-electron chi connectivity index (χ1n) is 12.4. The van der Waals surface area contributed by atoms with Crippen molar-refractivity contribution in [2.75, 3.05) is 6.54 Å². The topological polar surface area (TPSA) is 89.2 Å². The summed E-state index contributed by atoms with van der Waals surface area (Å²) in [6.07, 6.45) is 0. The number of rotatable bonds is 5. The standard InChI is InChI=1S/C32H22N2O5/c1-20-11-16-28-26(17-20)27(18-29(39-28)21-7-3-2-4-8-21)33-22-12-14-23(15-13-22)38-30(35)19-34-31(36)24-9-5-6-10-25(24)32(34)37/h2-18H,19H2,1H3. The van der Waals surface area contributed by atoms with Gasteiger partial charge in [0.05, 0.1) is 22.2 Å². The van der Waals surface area contributed by atoms with Crippen molar-refractivity contribution in [3.05, 3.63) is 125 Å². The van der Waals surface area contributed by atoms with Gasteiger partial charge in [0, 0.05) is 17.0 Å². The van der Waals surface area contributed by atoms with E-state index in [4.69, 9.17) is 14.1 Å². The molecule has 5 aromatic rings. The highest BCUT2D eigenvalue weighted by atomic mass is 16.5. The van der Waals surface area contributed by atoms with E-state index in [1.807, 2.05) is 61.5 Å². The molecule has 7 nitrogen and oxygen atoms in total. The van der Waals surface area contributed by atoms with Gasteiger partial charge < -0.3 is 9.15 Å². The highest BCUT2D eigenvalue weighted by Crippen LogP contribution is 2.25. The Labute approximate surface area is 223 Å². The lowest BCUT2D eigenvalue weighted by Gasteiger charge is -2.13. The molecule has 0 saturated carbocycles. The number of hydrogen-bond donors (Lipinski definition) is 0. The monoisotopic (exact) mass is 514 g/mol. The Morgan fingerprint density at radius 1 is 0.821 bits per heavy atom. The van der Waals surface area contributed by atoms with E-state index in [0.717, 1.165) is 32.4 Å². The molecule has 1 aliphatic heterocycles. The summed E-state index contributed by atoms with van der Waals surface area (Å²) < 4.78 is 11.6. The second kappa shape index (κ2) is 9.87. The molecule has 0 bridgehead atoms. The van der Waals surface area contributed by atoms with Crippen LogP contribution in [0.1, 0.15) is 26.3 Å². The second-order valence-electron chi connectivity index (χ2n) is 9.18. The number of imide groups is 1. The second-order valence-corrected chi connectivity index (χ2v) is 9.18. The zero-order chi connectivity index (χ0) is 26.9. The van der Waals surface area contributed by atoms with Gasteiger partial charge >= 0.3 is 5.97 Å². The molecule has 0 aliphatic carbocycles. The van der Waals surface area contributed by atoms with Crippen LogP contribution in [0.5, 0.6) is 5.75 Å². The fraction of sp³-hybridized carbons (Fsp3) is 0.0625. The third-order valence-corrected chi connectivity index (χ3v) is 6.44. The van der Waals surface area contributed by atoms with Crippen molar-refractivity contribution < 1.29 is 23.5 Å². The van der Waals surface area contributed by atoms with Crippen molar-refractivity contribution in [1.29, 1.82) is 0 Å². The van der Waals surface area contributed by atoms with Crippen molar-refractivity contribution in [3.8, 4) is 17.1 Å². The molecular weight excluding hydrogens is 492 g/mol. The van der Waals surface area contributed by atoms with Gasteiger partial charge in [0.15, 0.2) is 0 Å². The van der Waals surface area contributed by atoms with E-state index in [-0.39, 0.29) is 16.9 Å². The molecular formula is C32H22N2O5. The van der Waals surface area contributed by atoms with Gasteiger partial charge in [-0.15, -0.1) is 0 Å². The summed E-state index contributed by atoms with van der Waals surface area (Å²) in [7, 11) is 0. The number of fused-ring (bicyclic) bond motifs is 2. The Hall–Kier alpha value is -5.30. The van der Waals surface area contributed by atoms with E-state index < -0.39 is 24.3 Å². The van der Waals surface area contributed by atoms with E-state index in [9.17, 15) is 14.4 Å². The van der Waals surface area contributed by atoms with E-state index >= 15 is 0 Å². The Kier molecular flexibility index (Phi) is 6.09. The Bertz CT molecular complexity index is 1790. The van der Waals surface area contributed by atoms with E-state index in [2.05, 4.69) is 0 Å². The minimum Gasteiger partial charge on any atom is -0.456 e. The van der Waals surface area contributed by atoms with Crippen LogP contribution in [-0.4, -0.2) is 29.2 Å². The minimum absolute atomic E-state index is 0.282. The first-order chi connectivity index (χ1) is 19.0. The van der Waals surface area contributed by atoms with E-state index in [0.29, 0.717) is 11.4 Å². The molecule has 0 N–H and O–H groups in total. The van der Waals surface area contributed by atoms with Gasteiger partial charge in [0.25, 0.3) is 11.8 Å². The van der Waals surface area contributed by atoms with Crippen LogP contribution in [0, 0.1) is 6.92 Å². The summed E-state index contributed by atoms with van der Waals surface area (Å²) in [5, 5.41) is 1.63. The van der Waals surface area contributed by atoms with Crippen LogP contribution in [0.15, 0.2) is 113 Å². The molecule has 0 fully saturated rings. The number of amides is 2. The van der Waals surface area contributed by atoms with Gasteiger partial charge in [-0.25, -0.2) is 9.79 Å². The zero-order valence-corrected chi connectivity index (χ0v) is 21.0. The van der Waals surface area contributed by atoms with Crippen LogP contribution in [-0.2, 0) is 4.79 Å². The molecule has 0 atom stereocenters. The van der Waals surface area contributed by atoms with Crippen LogP contribution in [0.25, 0.3) is 22.3 Å². The number of carbonyl (C=O) groups excluding carboxylic acids is 3. The molecule has 7 heteroatoms. The van der Waals surface area contributed by atoms with Crippen LogP contribution in [0.3, 0.4) is 0 Å². The van der Waals surface area contributed by atoms with Gasteiger partial charge in [-0.1, -0.05) is 54.1 Å². The largest absolute Gasteiger partial charge is 0.456 e. The molecule has 4 aromatic carbocycles. The van der Waals surface area contributed by atoms with Crippen molar-refractivity contribution in [2.45, 2.75) is 6.92 Å². The molecule has 1 aliphatic rings. The van der Waals surface area contributed by atoms with Crippen LogP contribution < -0.4 is 10.1 Å².